The molecule has 0 saturated carbocycles. The van der Waals surface area contributed by atoms with Crippen LogP contribution in [0, 0.1) is 13.8 Å². The van der Waals surface area contributed by atoms with Gasteiger partial charge in [-0.1, -0.05) is 23.8 Å². The molecule has 2 N–H and O–H groups in total. The number of aromatic nitrogens is 1. The lowest BCUT2D eigenvalue weighted by molar-refractivity contribution is 0.581. The van der Waals surface area contributed by atoms with E-state index in [4.69, 9.17) is 0 Å². The van der Waals surface area contributed by atoms with E-state index in [1.165, 1.54) is 0 Å². The molecule has 3 aromatic rings. The SMILES string of the molecule is Cc1ccc(S(=O)(=O)NCCc2ccc3[nH]c(=O)c(C)cc3c2)cc1. The van der Waals surface area contributed by atoms with E-state index in [0.29, 0.717) is 18.5 Å². The lowest BCUT2D eigenvalue weighted by Crippen LogP contribution is -2.26. The summed E-state index contributed by atoms with van der Waals surface area (Å²) < 4.78 is 27.2. The lowest BCUT2D eigenvalue weighted by Gasteiger charge is -2.08. The van der Waals surface area contributed by atoms with E-state index in [9.17, 15) is 13.2 Å². The molecule has 0 saturated heterocycles. The molecule has 0 atom stereocenters. The molecule has 0 spiro atoms. The van der Waals surface area contributed by atoms with E-state index >= 15 is 0 Å². The predicted molar refractivity (Wildman–Crippen MR) is 99.4 cm³/mol. The van der Waals surface area contributed by atoms with E-state index in [0.717, 1.165) is 22.0 Å². The number of hydrogen-bond acceptors (Lipinski definition) is 3. The van der Waals surface area contributed by atoms with Gasteiger partial charge in [0.1, 0.15) is 0 Å². The van der Waals surface area contributed by atoms with Crippen molar-refractivity contribution in [2.24, 2.45) is 0 Å². The third-order valence-electron chi connectivity index (χ3n) is 4.13. The molecular weight excluding hydrogens is 336 g/mol. The highest BCUT2D eigenvalue weighted by Gasteiger charge is 2.12. The first-order valence-electron chi connectivity index (χ1n) is 8.04. The maximum absolute atomic E-state index is 12.3. The maximum atomic E-state index is 12.3. The Morgan fingerprint density at radius 2 is 1.72 bits per heavy atom. The number of aryl methyl sites for hydroxylation is 2. The van der Waals surface area contributed by atoms with Crippen molar-refractivity contribution in [1.29, 1.82) is 0 Å². The number of aromatic amines is 1. The van der Waals surface area contributed by atoms with E-state index < -0.39 is 10.0 Å². The van der Waals surface area contributed by atoms with Crippen LogP contribution in [0.25, 0.3) is 10.9 Å². The first-order chi connectivity index (χ1) is 11.8. The normalized spacial score (nSPS) is 11.8. The average molecular weight is 356 g/mol. The van der Waals surface area contributed by atoms with Crippen LogP contribution in [0.5, 0.6) is 0 Å². The highest BCUT2D eigenvalue weighted by Crippen LogP contribution is 2.14. The number of H-pyrrole nitrogens is 1. The number of fused-ring (bicyclic) bond motifs is 1. The first-order valence-corrected chi connectivity index (χ1v) is 9.52. The molecule has 2 aromatic carbocycles. The minimum absolute atomic E-state index is 0.0916. The monoisotopic (exact) mass is 356 g/mol. The zero-order valence-corrected chi connectivity index (χ0v) is 15.0. The van der Waals surface area contributed by atoms with Gasteiger partial charge in [0.15, 0.2) is 0 Å². The van der Waals surface area contributed by atoms with Crippen molar-refractivity contribution in [3.05, 3.63) is 75.6 Å². The average Bonchev–Trinajstić information content (AvgIpc) is 2.56. The highest BCUT2D eigenvalue weighted by atomic mass is 32.2. The van der Waals surface area contributed by atoms with Crippen molar-refractivity contribution in [2.45, 2.75) is 25.2 Å². The Morgan fingerprint density at radius 3 is 2.44 bits per heavy atom. The molecule has 5 nitrogen and oxygen atoms in total. The zero-order chi connectivity index (χ0) is 18.0. The fraction of sp³-hybridized carbons (Fsp3) is 0.211. The van der Waals surface area contributed by atoms with Gasteiger partial charge in [0.25, 0.3) is 5.56 Å². The third kappa shape index (κ3) is 3.97. The summed E-state index contributed by atoms with van der Waals surface area (Å²) in [5.41, 5.74) is 3.37. The van der Waals surface area contributed by atoms with E-state index in [-0.39, 0.29) is 10.5 Å². The minimum Gasteiger partial charge on any atom is -0.322 e. The van der Waals surface area contributed by atoms with Gasteiger partial charge in [-0.15, -0.1) is 0 Å². The van der Waals surface area contributed by atoms with Crippen molar-refractivity contribution >= 4 is 20.9 Å². The molecule has 0 aliphatic heterocycles. The lowest BCUT2D eigenvalue weighted by atomic mass is 10.1. The van der Waals surface area contributed by atoms with Crippen LogP contribution in [0.3, 0.4) is 0 Å². The molecule has 6 heteroatoms. The Balaban J connectivity index is 1.71. The third-order valence-corrected chi connectivity index (χ3v) is 5.61. The number of sulfonamides is 1. The molecule has 0 aliphatic carbocycles. The number of pyridine rings is 1. The van der Waals surface area contributed by atoms with Gasteiger partial charge in [0, 0.05) is 17.6 Å². The van der Waals surface area contributed by atoms with Crippen molar-refractivity contribution < 1.29 is 8.42 Å². The van der Waals surface area contributed by atoms with E-state index in [2.05, 4.69) is 9.71 Å². The van der Waals surface area contributed by atoms with Crippen LogP contribution in [0.4, 0.5) is 0 Å². The summed E-state index contributed by atoms with van der Waals surface area (Å²) in [6.07, 6.45) is 0.569. The van der Waals surface area contributed by atoms with Gasteiger partial charge in [0.2, 0.25) is 10.0 Å². The van der Waals surface area contributed by atoms with E-state index in [1.807, 2.05) is 31.2 Å². The van der Waals surface area contributed by atoms with Crippen LogP contribution in [0.15, 0.2) is 58.2 Å². The van der Waals surface area contributed by atoms with Crippen molar-refractivity contribution in [1.82, 2.24) is 9.71 Å². The Kier molecular flexibility index (Phi) is 4.74. The van der Waals surface area contributed by atoms with Crippen LogP contribution in [-0.4, -0.2) is 19.9 Å². The summed E-state index contributed by atoms with van der Waals surface area (Å²) in [7, 11) is -3.50. The maximum Gasteiger partial charge on any atom is 0.251 e. The zero-order valence-electron chi connectivity index (χ0n) is 14.2. The van der Waals surface area contributed by atoms with Gasteiger partial charge in [-0.2, -0.15) is 0 Å². The molecular formula is C19H20N2O3S. The van der Waals surface area contributed by atoms with Crippen molar-refractivity contribution in [3.8, 4) is 0 Å². The van der Waals surface area contributed by atoms with Crippen LogP contribution >= 0.6 is 0 Å². The topological polar surface area (TPSA) is 79.0 Å². The Labute approximate surface area is 146 Å². The smallest absolute Gasteiger partial charge is 0.251 e. The summed E-state index contributed by atoms with van der Waals surface area (Å²) in [5, 5.41) is 0.941. The van der Waals surface area contributed by atoms with Crippen molar-refractivity contribution in [2.75, 3.05) is 6.54 Å². The molecule has 0 radical (unpaired) electrons. The van der Waals surface area contributed by atoms with E-state index in [1.54, 1.807) is 31.2 Å². The molecule has 1 aromatic heterocycles. The summed E-state index contributed by atoms with van der Waals surface area (Å²) in [4.78, 5) is 14.7. The Bertz CT molecular complexity index is 1070. The molecule has 25 heavy (non-hydrogen) atoms. The second kappa shape index (κ2) is 6.82. The molecule has 1 heterocycles. The van der Waals surface area contributed by atoms with Crippen LogP contribution in [-0.2, 0) is 16.4 Å². The fourth-order valence-corrected chi connectivity index (χ4v) is 3.68. The number of benzene rings is 2. The van der Waals surface area contributed by atoms with Gasteiger partial charge in [-0.05, 0) is 61.5 Å². The van der Waals surface area contributed by atoms with Crippen LogP contribution in [0.2, 0.25) is 0 Å². The Hall–Kier alpha value is -2.44. The Morgan fingerprint density at radius 1 is 1.00 bits per heavy atom. The quantitative estimate of drug-likeness (QED) is 0.738. The fourth-order valence-electron chi connectivity index (χ4n) is 2.65. The van der Waals surface area contributed by atoms with Crippen molar-refractivity contribution in [3.63, 3.8) is 0 Å². The van der Waals surface area contributed by atoms with Gasteiger partial charge in [-0.3, -0.25) is 4.79 Å². The van der Waals surface area contributed by atoms with Gasteiger partial charge >= 0.3 is 0 Å². The molecule has 0 fully saturated rings. The first kappa shape index (κ1) is 17.4. The second-order valence-corrected chi connectivity index (χ2v) is 7.93. The van der Waals surface area contributed by atoms with Gasteiger partial charge < -0.3 is 4.98 Å². The second-order valence-electron chi connectivity index (χ2n) is 6.16. The molecule has 3 rings (SSSR count). The minimum atomic E-state index is -3.50. The summed E-state index contributed by atoms with van der Waals surface area (Å²) in [5.74, 6) is 0. The predicted octanol–water partition coefficient (Wildman–Crippen LogP) is 2.67. The molecule has 130 valence electrons. The highest BCUT2D eigenvalue weighted by molar-refractivity contribution is 7.89. The van der Waals surface area contributed by atoms with Gasteiger partial charge in [-0.25, -0.2) is 13.1 Å². The number of hydrogen-bond donors (Lipinski definition) is 2. The van der Waals surface area contributed by atoms with Gasteiger partial charge in [0.05, 0.1) is 4.90 Å². The van der Waals surface area contributed by atoms with Crippen LogP contribution < -0.4 is 10.3 Å². The molecule has 0 aliphatic rings. The number of rotatable bonds is 5. The summed E-state index contributed by atoms with van der Waals surface area (Å²) in [6, 6.07) is 14.3. The number of nitrogens with one attached hydrogen (secondary N) is 2. The largest absolute Gasteiger partial charge is 0.322 e. The molecule has 0 bridgehead atoms. The molecule has 0 unspecified atom stereocenters. The summed E-state index contributed by atoms with van der Waals surface area (Å²) >= 11 is 0. The summed E-state index contributed by atoms with van der Waals surface area (Å²) in [6.45, 7) is 3.99. The molecule has 0 amide bonds. The van der Waals surface area contributed by atoms with Crippen LogP contribution in [0.1, 0.15) is 16.7 Å². The standard InChI is InChI=1S/C19H20N2O3S/c1-13-3-6-17(7-4-13)25(23,24)20-10-9-15-5-8-18-16(12-15)11-14(2)19(22)21-18/h3-8,11-12,20H,9-10H2,1-2H3,(H,21,22).